The Bertz CT molecular complexity index is 1310. The molecule has 168 valence electrons. The maximum Gasteiger partial charge on any atom is 0.254 e. The van der Waals surface area contributed by atoms with Gasteiger partial charge >= 0.3 is 0 Å². The minimum absolute atomic E-state index is 0.0177. The van der Waals surface area contributed by atoms with Crippen molar-refractivity contribution in [3.63, 3.8) is 0 Å². The minimum atomic E-state index is -0.373. The van der Waals surface area contributed by atoms with Gasteiger partial charge in [-0.25, -0.2) is 0 Å². The monoisotopic (exact) mass is 444 g/mol. The fourth-order valence-electron chi connectivity index (χ4n) is 4.11. The number of hydrogen-bond donors (Lipinski definition) is 3. The number of pyridine rings is 1. The van der Waals surface area contributed by atoms with E-state index in [0.29, 0.717) is 40.6 Å². The summed E-state index contributed by atoms with van der Waals surface area (Å²) in [5.74, 6) is 0.904. The summed E-state index contributed by atoms with van der Waals surface area (Å²) in [6.07, 6.45) is 7.84. The van der Waals surface area contributed by atoms with Gasteiger partial charge in [0, 0.05) is 22.9 Å². The average Bonchev–Trinajstić information content (AvgIpc) is 3.71. The molecular weight excluding hydrogens is 420 g/mol. The minimum Gasteiger partial charge on any atom is -0.351 e. The molecule has 2 amide bonds. The van der Waals surface area contributed by atoms with Crippen LogP contribution < -0.4 is 16.0 Å². The Morgan fingerprint density at radius 3 is 2.70 bits per heavy atom. The Kier molecular flexibility index (Phi) is 4.60. The van der Waals surface area contributed by atoms with Gasteiger partial charge in [0.25, 0.3) is 5.91 Å². The summed E-state index contributed by atoms with van der Waals surface area (Å²) in [6, 6.07) is 6.44. The van der Waals surface area contributed by atoms with Crippen LogP contribution in [0.3, 0.4) is 0 Å². The van der Waals surface area contributed by atoms with Gasteiger partial charge in [-0.1, -0.05) is 6.07 Å². The van der Waals surface area contributed by atoms with Crippen molar-refractivity contribution in [2.75, 3.05) is 10.6 Å². The first-order valence-electron chi connectivity index (χ1n) is 11.3. The van der Waals surface area contributed by atoms with Crippen LogP contribution in [0, 0.1) is 12.8 Å². The lowest BCUT2D eigenvalue weighted by atomic mass is 10.1. The fourth-order valence-corrected chi connectivity index (χ4v) is 4.11. The van der Waals surface area contributed by atoms with Crippen LogP contribution in [0.5, 0.6) is 0 Å². The molecule has 3 aromatic heterocycles. The quantitative estimate of drug-likeness (QED) is 0.375. The van der Waals surface area contributed by atoms with Crippen molar-refractivity contribution in [2.45, 2.75) is 51.1 Å². The Balaban J connectivity index is 1.40. The van der Waals surface area contributed by atoms with E-state index in [0.717, 1.165) is 37.1 Å². The molecule has 1 atom stereocenters. The number of rotatable bonds is 7. The largest absolute Gasteiger partial charge is 0.351 e. The summed E-state index contributed by atoms with van der Waals surface area (Å²) >= 11 is 0. The number of anilines is 2. The molecule has 0 radical (unpaired) electrons. The van der Waals surface area contributed by atoms with Gasteiger partial charge in [0.1, 0.15) is 0 Å². The van der Waals surface area contributed by atoms with Gasteiger partial charge in [-0.2, -0.15) is 19.6 Å². The van der Waals surface area contributed by atoms with Gasteiger partial charge in [-0.3, -0.25) is 19.9 Å². The number of carbonyl (C=O) groups is 2. The SMILES string of the molecule is Cc1cccc(C(Nc2nc(NC3CC3)n3ncc(/C=C4\CC(=O)NC4=O)c3n2)C2CC2)n1. The van der Waals surface area contributed by atoms with E-state index in [-0.39, 0.29) is 24.3 Å². The highest BCUT2D eigenvalue weighted by molar-refractivity contribution is 6.15. The highest BCUT2D eigenvalue weighted by Crippen LogP contribution is 2.42. The van der Waals surface area contributed by atoms with E-state index < -0.39 is 0 Å². The van der Waals surface area contributed by atoms with E-state index in [1.165, 1.54) is 0 Å². The zero-order valence-corrected chi connectivity index (χ0v) is 18.2. The van der Waals surface area contributed by atoms with Crippen LogP contribution in [0.1, 0.15) is 55.1 Å². The Hall–Kier alpha value is -3.82. The molecule has 2 aliphatic carbocycles. The molecule has 3 N–H and O–H groups in total. The number of aromatic nitrogens is 5. The first kappa shape index (κ1) is 19.8. The number of imide groups is 1. The molecule has 4 heterocycles. The maximum atomic E-state index is 12.1. The third kappa shape index (κ3) is 4.04. The van der Waals surface area contributed by atoms with Crippen LogP contribution in [0.25, 0.3) is 11.7 Å². The number of amides is 2. The molecule has 33 heavy (non-hydrogen) atoms. The topological polar surface area (TPSA) is 126 Å². The van der Waals surface area contributed by atoms with Crippen LogP contribution in [0.2, 0.25) is 0 Å². The van der Waals surface area contributed by atoms with Gasteiger partial charge in [-0.05, 0) is 56.7 Å². The molecule has 1 aliphatic heterocycles. The van der Waals surface area contributed by atoms with Gasteiger partial charge in [-0.15, -0.1) is 0 Å². The first-order chi connectivity index (χ1) is 16.0. The Morgan fingerprint density at radius 1 is 1.15 bits per heavy atom. The zero-order chi connectivity index (χ0) is 22.5. The molecule has 3 aromatic rings. The van der Waals surface area contributed by atoms with Crippen molar-refractivity contribution in [3.8, 4) is 0 Å². The Morgan fingerprint density at radius 2 is 2.00 bits per heavy atom. The summed E-state index contributed by atoms with van der Waals surface area (Å²) < 4.78 is 1.65. The van der Waals surface area contributed by atoms with Crippen molar-refractivity contribution in [1.82, 2.24) is 29.9 Å². The lowest BCUT2D eigenvalue weighted by molar-refractivity contribution is -0.124. The molecule has 10 nitrogen and oxygen atoms in total. The van der Waals surface area contributed by atoms with Crippen LogP contribution in [-0.4, -0.2) is 42.4 Å². The molecule has 1 unspecified atom stereocenters. The summed E-state index contributed by atoms with van der Waals surface area (Å²) in [4.78, 5) is 37.9. The number of nitrogens with zero attached hydrogens (tertiary/aromatic N) is 5. The number of nitrogens with one attached hydrogen (secondary N) is 3. The number of hydrogen-bond acceptors (Lipinski definition) is 8. The highest BCUT2D eigenvalue weighted by atomic mass is 16.2. The maximum absolute atomic E-state index is 12.1. The van der Waals surface area contributed by atoms with Gasteiger partial charge in [0.15, 0.2) is 5.65 Å². The van der Waals surface area contributed by atoms with E-state index in [4.69, 9.17) is 15.0 Å². The van der Waals surface area contributed by atoms with Crippen LogP contribution in [0.4, 0.5) is 11.9 Å². The predicted octanol–water partition coefficient (Wildman–Crippen LogP) is 2.40. The normalized spacial score (nSPS) is 20.3. The van der Waals surface area contributed by atoms with Crippen LogP contribution in [-0.2, 0) is 9.59 Å². The second kappa shape index (κ2) is 7.65. The molecule has 0 bridgehead atoms. The van der Waals surface area contributed by atoms with Crippen molar-refractivity contribution in [3.05, 3.63) is 46.9 Å². The summed E-state index contributed by atoms with van der Waals surface area (Å²) in [5.41, 5.74) is 3.59. The molecular formula is C23H24N8O2. The second-order valence-corrected chi connectivity index (χ2v) is 9.01. The standard InChI is InChI=1S/C23H24N8O2/c1-12-3-2-4-17(25-12)19(13-5-6-13)28-22-29-20-15(9-14-10-18(32)27-21(14)33)11-24-31(20)23(30-22)26-16-7-8-16/h2-4,9,11,13,16,19H,5-8,10H2,1H3,(H,27,32,33)(H2,26,28,29,30)/b14-9+. The van der Waals surface area contributed by atoms with Crippen LogP contribution in [0.15, 0.2) is 30.0 Å². The lowest BCUT2D eigenvalue weighted by Crippen LogP contribution is -2.19. The fraction of sp³-hybridized carbons (Fsp3) is 0.391. The van der Waals surface area contributed by atoms with E-state index in [1.807, 2.05) is 25.1 Å². The van der Waals surface area contributed by atoms with Crippen LogP contribution >= 0.6 is 0 Å². The van der Waals surface area contributed by atoms with Crippen molar-refractivity contribution >= 4 is 35.4 Å². The average molecular weight is 444 g/mol. The summed E-state index contributed by atoms with van der Waals surface area (Å²) in [6.45, 7) is 1.99. The molecule has 1 saturated heterocycles. The third-order valence-electron chi connectivity index (χ3n) is 6.14. The third-order valence-corrected chi connectivity index (χ3v) is 6.14. The smallest absolute Gasteiger partial charge is 0.254 e. The molecule has 6 rings (SSSR count). The molecule has 3 aliphatic rings. The summed E-state index contributed by atoms with van der Waals surface area (Å²) in [7, 11) is 0. The molecule has 10 heteroatoms. The number of fused-ring (bicyclic) bond motifs is 1. The van der Waals surface area contributed by atoms with Crippen molar-refractivity contribution in [2.24, 2.45) is 5.92 Å². The van der Waals surface area contributed by atoms with Gasteiger partial charge in [0.2, 0.25) is 17.8 Å². The van der Waals surface area contributed by atoms with Crippen molar-refractivity contribution in [1.29, 1.82) is 0 Å². The van der Waals surface area contributed by atoms with E-state index >= 15 is 0 Å². The molecule has 2 saturated carbocycles. The van der Waals surface area contributed by atoms with Gasteiger partial charge in [0.05, 0.1) is 24.4 Å². The van der Waals surface area contributed by atoms with Crippen molar-refractivity contribution < 1.29 is 9.59 Å². The number of aryl methyl sites for hydroxylation is 1. The summed E-state index contributed by atoms with van der Waals surface area (Å²) in [5, 5.41) is 13.7. The van der Waals surface area contributed by atoms with E-state index in [1.54, 1.807) is 16.8 Å². The molecule has 0 spiro atoms. The van der Waals surface area contributed by atoms with E-state index in [2.05, 4.69) is 21.0 Å². The van der Waals surface area contributed by atoms with E-state index in [9.17, 15) is 9.59 Å². The zero-order valence-electron chi connectivity index (χ0n) is 18.2. The highest BCUT2D eigenvalue weighted by Gasteiger charge is 2.34. The lowest BCUT2D eigenvalue weighted by Gasteiger charge is -2.19. The second-order valence-electron chi connectivity index (χ2n) is 9.01. The van der Waals surface area contributed by atoms with Gasteiger partial charge < -0.3 is 10.6 Å². The molecule has 0 aromatic carbocycles. The Labute approximate surface area is 189 Å². The molecule has 3 fully saturated rings. The number of carbonyl (C=O) groups excluding carboxylic acids is 2. The predicted molar refractivity (Wildman–Crippen MR) is 121 cm³/mol. The first-order valence-corrected chi connectivity index (χ1v) is 11.3.